The second kappa shape index (κ2) is 6.00. The number of nitriles is 1. The predicted octanol–water partition coefficient (Wildman–Crippen LogP) is 4.72. The fraction of sp³-hybridized carbons (Fsp3) is 0.182. The number of benzene rings is 2. The molecule has 0 saturated heterocycles. The molecular formula is C22H16N6S. The summed E-state index contributed by atoms with van der Waals surface area (Å²) in [6.45, 7) is 0. The van der Waals surface area contributed by atoms with Crippen LogP contribution in [0, 0.1) is 11.3 Å². The summed E-state index contributed by atoms with van der Waals surface area (Å²) < 4.78 is 1.07. The first-order chi connectivity index (χ1) is 14.2. The normalized spacial score (nSPS) is 13.8. The van der Waals surface area contributed by atoms with E-state index in [-0.39, 0.29) is 0 Å². The number of hydrogen-bond acceptors (Lipinski definition) is 6. The Morgan fingerprint density at radius 1 is 1.00 bits per heavy atom. The highest BCUT2D eigenvalue weighted by atomic mass is 32.1. The Morgan fingerprint density at radius 2 is 1.83 bits per heavy atom. The fourth-order valence-electron chi connectivity index (χ4n) is 4.54. The van der Waals surface area contributed by atoms with Crippen LogP contribution in [0.5, 0.6) is 0 Å². The molecular weight excluding hydrogens is 380 g/mol. The van der Waals surface area contributed by atoms with Crippen LogP contribution in [-0.4, -0.2) is 20.2 Å². The van der Waals surface area contributed by atoms with Crippen molar-refractivity contribution in [1.82, 2.24) is 20.2 Å². The van der Waals surface area contributed by atoms with Gasteiger partial charge in [0.05, 0.1) is 26.9 Å². The lowest BCUT2D eigenvalue weighted by molar-refractivity contribution is 0.689. The number of aromatic amines is 1. The lowest BCUT2D eigenvalue weighted by atomic mass is 9.85. The zero-order valence-electron chi connectivity index (χ0n) is 15.5. The molecule has 0 spiro atoms. The van der Waals surface area contributed by atoms with E-state index in [4.69, 9.17) is 10.7 Å². The molecule has 0 amide bonds. The largest absolute Gasteiger partial charge is 0.375 e. The highest BCUT2D eigenvalue weighted by molar-refractivity contribution is 7.22. The molecule has 1 aliphatic rings. The number of nitrogens with two attached hydrogens (primary N) is 1. The molecule has 140 valence electrons. The maximum Gasteiger partial charge on any atom is 0.181 e. The molecule has 6 nitrogen and oxygen atoms in total. The topological polar surface area (TPSA) is 104 Å². The second-order valence-corrected chi connectivity index (χ2v) is 8.49. The van der Waals surface area contributed by atoms with E-state index < -0.39 is 0 Å². The minimum atomic E-state index is 0.439. The van der Waals surface area contributed by atoms with Gasteiger partial charge in [-0.05, 0) is 61.1 Å². The number of hydrogen-bond donors (Lipinski definition) is 2. The van der Waals surface area contributed by atoms with Crippen molar-refractivity contribution in [3.8, 4) is 17.3 Å². The van der Waals surface area contributed by atoms with Crippen molar-refractivity contribution in [1.29, 1.82) is 5.26 Å². The van der Waals surface area contributed by atoms with Gasteiger partial charge in [0.15, 0.2) is 10.8 Å². The Bertz CT molecular complexity index is 1490. The van der Waals surface area contributed by atoms with Crippen LogP contribution >= 0.6 is 11.3 Å². The third-order valence-electron chi connectivity index (χ3n) is 5.78. The Labute approximate surface area is 170 Å². The van der Waals surface area contributed by atoms with Crippen molar-refractivity contribution in [3.05, 3.63) is 47.2 Å². The summed E-state index contributed by atoms with van der Waals surface area (Å²) >= 11 is 1.50. The van der Waals surface area contributed by atoms with E-state index in [9.17, 15) is 5.26 Å². The molecule has 0 saturated carbocycles. The van der Waals surface area contributed by atoms with Crippen molar-refractivity contribution < 1.29 is 0 Å². The van der Waals surface area contributed by atoms with Gasteiger partial charge in [-0.3, -0.25) is 5.10 Å². The molecule has 3 N–H and O–H groups in total. The molecule has 5 aromatic rings. The number of nitrogens with one attached hydrogen (secondary N) is 1. The van der Waals surface area contributed by atoms with Gasteiger partial charge in [0.2, 0.25) is 0 Å². The van der Waals surface area contributed by atoms with E-state index in [1.165, 1.54) is 22.5 Å². The van der Waals surface area contributed by atoms with Crippen molar-refractivity contribution >= 4 is 48.5 Å². The number of aryl methyl sites for hydroxylation is 1. The molecule has 0 unspecified atom stereocenters. The van der Waals surface area contributed by atoms with Crippen LogP contribution in [0.3, 0.4) is 0 Å². The van der Waals surface area contributed by atoms with Crippen LogP contribution in [-0.2, 0) is 12.8 Å². The Balaban J connectivity index is 1.71. The standard InChI is InChI=1S/C22H16N6S/c23-10-17-20-16(27-28-17)8-7-15-19(20)12-3-1-2-4-13(12)21(25-15)11-5-6-14-18(9-11)29-22(24)26-14/h5-9H,1-4H2,(H2,24,26)(H,27,28). The lowest BCUT2D eigenvalue weighted by Crippen LogP contribution is -2.08. The zero-order valence-corrected chi connectivity index (χ0v) is 16.3. The Morgan fingerprint density at radius 3 is 2.69 bits per heavy atom. The van der Waals surface area contributed by atoms with Crippen LogP contribution in [0.1, 0.15) is 29.7 Å². The van der Waals surface area contributed by atoms with Crippen LogP contribution in [0.2, 0.25) is 0 Å². The maximum absolute atomic E-state index is 9.56. The number of pyridine rings is 1. The van der Waals surface area contributed by atoms with Gasteiger partial charge in [-0.1, -0.05) is 17.4 Å². The lowest BCUT2D eigenvalue weighted by Gasteiger charge is -2.22. The van der Waals surface area contributed by atoms with Crippen LogP contribution < -0.4 is 5.73 Å². The quantitative estimate of drug-likeness (QED) is 0.426. The van der Waals surface area contributed by atoms with Gasteiger partial charge in [-0.25, -0.2) is 9.97 Å². The number of rotatable bonds is 1. The summed E-state index contributed by atoms with van der Waals surface area (Å²) in [4.78, 5) is 9.45. The molecule has 0 atom stereocenters. The first-order valence-corrected chi connectivity index (χ1v) is 10.4. The molecule has 6 rings (SSSR count). The molecule has 0 radical (unpaired) electrons. The summed E-state index contributed by atoms with van der Waals surface area (Å²) in [6, 6.07) is 12.5. The second-order valence-electron chi connectivity index (χ2n) is 7.43. The van der Waals surface area contributed by atoms with E-state index in [2.05, 4.69) is 33.4 Å². The summed E-state index contributed by atoms with van der Waals surface area (Å²) in [5.41, 5.74) is 13.8. The SMILES string of the molecule is N#Cc1n[nH]c2ccc3nc(-c4ccc5nc(N)sc5c4)c4c(c3c12)CCCC4. The minimum absolute atomic E-state index is 0.439. The number of H-pyrrole nitrogens is 1. The number of anilines is 1. The van der Waals surface area contributed by atoms with Gasteiger partial charge >= 0.3 is 0 Å². The summed E-state index contributed by atoms with van der Waals surface area (Å²) in [7, 11) is 0. The summed E-state index contributed by atoms with van der Waals surface area (Å²) in [6.07, 6.45) is 4.28. The van der Waals surface area contributed by atoms with Gasteiger partial charge in [0.25, 0.3) is 0 Å². The van der Waals surface area contributed by atoms with Crippen molar-refractivity contribution in [2.45, 2.75) is 25.7 Å². The minimum Gasteiger partial charge on any atom is -0.375 e. The summed E-state index contributed by atoms with van der Waals surface area (Å²) in [5.74, 6) is 0. The first kappa shape index (κ1) is 16.5. The third kappa shape index (κ3) is 2.36. The molecule has 0 fully saturated rings. The highest BCUT2D eigenvalue weighted by Crippen LogP contribution is 2.39. The highest BCUT2D eigenvalue weighted by Gasteiger charge is 2.22. The smallest absolute Gasteiger partial charge is 0.181 e. The molecule has 3 aromatic heterocycles. The van der Waals surface area contributed by atoms with Crippen LogP contribution in [0.4, 0.5) is 5.13 Å². The van der Waals surface area contributed by atoms with Gasteiger partial charge in [-0.15, -0.1) is 0 Å². The molecule has 0 aliphatic heterocycles. The van der Waals surface area contributed by atoms with E-state index in [1.54, 1.807) is 0 Å². The van der Waals surface area contributed by atoms with Crippen LogP contribution in [0.15, 0.2) is 30.3 Å². The molecule has 0 bridgehead atoms. The number of nitrogens with zero attached hydrogens (tertiary/aromatic N) is 4. The molecule has 3 heterocycles. The zero-order chi connectivity index (χ0) is 19.5. The average molecular weight is 396 g/mol. The van der Waals surface area contributed by atoms with E-state index in [1.807, 2.05) is 18.2 Å². The third-order valence-corrected chi connectivity index (χ3v) is 6.63. The summed E-state index contributed by atoms with van der Waals surface area (Å²) in [5, 5.41) is 19.3. The average Bonchev–Trinajstić information content (AvgIpc) is 3.34. The monoisotopic (exact) mass is 396 g/mol. The van der Waals surface area contributed by atoms with Gasteiger partial charge < -0.3 is 5.73 Å². The van der Waals surface area contributed by atoms with Crippen molar-refractivity contribution in [2.24, 2.45) is 0 Å². The van der Waals surface area contributed by atoms with Crippen molar-refractivity contribution in [3.63, 3.8) is 0 Å². The Hall–Kier alpha value is -3.50. The Kier molecular flexibility index (Phi) is 3.40. The van der Waals surface area contributed by atoms with E-state index in [0.29, 0.717) is 10.8 Å². The number of aromatic nitrogens is 4. The fourth-order valence-corrected chi connectivity index (χ4v) is 5.31. The van der Waals surface area contributed by atoms with Gasteiger partial charge in [-0.2, -0.15) is 10.4 Å². The maximum atomic E-state index is 9.56. The van der Waals surface area contributed by atoms with E-state index in [0.717, 1.165) is 69.0 Å². The molecule has 1 aliphatic carbocycles. The van der Waals surface area contributed by atoms with E-state index >= 15 is 0 Å². The predicted molar refractivity (Wildman–Crippen MR) is 116 cm³/mol. The van der Waals surface area contributed by atoms with Gasteiger partial charge in [0, 0.05) is 16.3 Å². The number of nitrogen functional groups attached to an aromatic ring is 1. The number of thiazole rings is 1. The molecule has 7 heteroatoms. The number of fused-ring (bicyclic) bond motifs is 6. The first-order valence-electron chi connectivity index (χ1n) is 9.62. The molecule has 29 heavy (non-hydrogen) atoms. The van der Waals surface area contributed by atoms with Crippen molar-refractivity contribution in [2.75, 3.05) is 5.73 Å². The molecule has 2 aromatic carbocycles. The van der Waals surface area contributed by atoms with Gasteiger partial charge in [0.1, 0.15) is 6.07 Å². The van der Waals surface area contributed by atoms with Crippen LogP contribution in [0.25, 0.3) is 43.3 Å².